The standard InChI is InChI=1S/C10H14N2O2/c1-12-9(10(11)13)7-3-5-8(14-2)6-4-7/h3-6,9,12H,1-2H3,(H2,11,13)/t9-/m1/s1. The summed E-state index contributed by atoms with van der Waals surface area (Å²) in [7, 11) is 3.29. The Kier molecular flexibility index (Phi) is 3.48. The lowest BCUT2D eigenvalue weighted by Crippen LogP contribution is -2.31. The van der Waals surface area contributed by atoms with E-state index in [2.05, 4.69) is 5.32 Å². The highest BCUT2D eigenvalue weighted by Gasteiger charge is 2.14. The summed E-state index contributed by atoms with van der Waals surface area (Å²) in [6, 6.07) is 6.77. The molecule has 3 N–H and O–H groups in total. The van der Waals surface area contributed by atoms with Gasteiger partial charge < -0.3 is 15.8 Å². The van der Waals surface area contributed by atoms with Gasteiger partial charge >= 0.3 is 0 Å². The molecule has 1 aromatic rings. The maximum absolute atomic E-state index is 11.0. The number of primary amides is 1. The third-order valence-corrected chi connectivity index (χ3v) is 2.02. The Balaban J connectivity index is 2.89. The predicted molar refractivity (Wildman–Crippen MR) is 54.0 cm³/mol. The minimum Gasteiger partial charge on any atom is -0.497 e. The van der Waals surface area contributed by atoms with Gasteiger partial charge in [0.2, 0.25) is 5.91 Å². The Hall–Kier alpha value is -1.55. The van der Waals surface area contributed by atoms with E-state index in [9.17, 15) is 4.79 Å². The van der Waals surface area contributed by atoms with Crippen molar-refractivity contribution in [3.05, 3.63) is 29.8 Å². The number of hydrogen-bond acceptors (Lipinski definition) is 3. The first-order chi connectivity index (χ1) is 6.69. The Morgan fingerprint density at radius 3 is 2.36 bits per heavy atom. The summed E-state index contributed by atoms with van der Waals surface area (Å²) in [6.45, 7) is 0. The molecule has 0 aliphatic heterocycles. The van der Waals surface area contributed by atoms with E-state index in [1.807, 2.05) is 12.1 Å². The topological polar surface area (TPSA) is 64.3 Å². The van der Waals surface area contributed by atoms with Crippen LogP contribution in [0, 0.1) is 0 Å². The second-order valence-corrected chi connectivity index (χ2v) is 2.90. The van der Waals surface area contributed by atoms with E-state index < -0.39 is 11.9 Å². The summed E-state index contributed by atoms with van der Waals surface area (Å²) in [5.41, 5.74) is 6.05. The Bertz CT molecular complexity index is 308. The number of rotatable bonds is 4. The molecule has 14 heavy (non-hydrogen) atoms. The number of carbonyl (C=O) groups excluding carboxylic acids is 1. The number of nitrogens with two attached hydrogens (primary N) is 1. The molecule has 4 heteroatoms. The van der Waals surface area contributed by atoms with E-state index in [1.165, 1.54) is 0 Å². The lowest BCUT2D eigenvalue weighted by molar-refractivity contribution is -0.120. The predicted octanol–water partition coefficient (Wildman–Crippen LogP) is 0.441. The number of ether oxygens (including phenoxy) is 1. The summed E-state index contributed by atoms with van der Waals surface area (Å²) in [5.74, 6) is 0.366. The first-order valence-corrected chi connectivity index (χ1v) is 4.29. The van der Waals surface area contributed by atoms with Gasteiger partial charge in [-0.1, -0.05) is 12.1 Å². The highest BCUT2D eigenvalue weighted by molar-refractivity contribution is 5.81. The van der Waals surface area contributed by atoms with Gasteiger partial charge in [0.15, 0.2) is 0 Å². The van der Waals surface area contributed by atoms with Crippen molar-refractivity contribution in [3.63, 3.8) is 0 Å². The summed E-state index contributed by atoms with van der Waals surface area (Å²) in [6.07, 6.45) is 0. The first-order valence-electron chi connectivity index (χ1n) is 4.29. The van der Waals surface area contributed by atoms with Gasteiger partial charge in [0, 0.05) is 0 Å². The van der Waals surface area contributed by atoms with E-state index in [4.69, 9.17) is 10.5 Å². The molecule has 0 heterocycles. The van der Waals surface area contributed by atoms with Crippen molar-refractivity contribution >= 4 is 5.91 Å². The number of likely N-dealkylation sites (N-methyl/N-ethyl adjacent to an activating group) is 1. The summed E-state index contributed by atoms with van der Waals surface area (Å²) in [4.78, 5) is 11.0. The van der Waals surface area contributed by atoms with Gasteiger partial charge in [-0.05, 0) is 24.7 Å². The fraction of sp³-hybridized carbons (Fsp3) is 0.300. The molecule has 76 valence electrons. The third-order valence-electron chi connectivity index (χ3n) is 2.02. The molecule has 0 aliphatic rings. The van der Waals surface area contributed by atoms with Crippen LogP contribution in [0.15, 0.2) is 24.3 Å². The van der Waals surface area contributed by atoms with E-state index in [-0.39, 0.29) is 0 Å². The number of methoxy groups -OCH3 is 1. The van der Waals surface area contributed by atoms with Gasteiger partial charge in [-0.2, -0.15) is 0 Å². The van der Waals surface area contributed by atoms with Gasteiger partial charge in [0.25, 0.3) is 0 Å². The molecule has 0 aliphatic carbocycles. The molecule has 1 amide bonds. The van der Waals surface area contributed by atoms with Crippen LogP contribution in [-0.2, 0) is 4.79 Å². The number of carbonyl (C=O) groups is 1. The first kappa shape index (κ1) is 10.5. The van der Waals surface area contributed by atoms with Crippen LogP contribution in [0.3, 0.4) is 0 Å². The molecule has 1 aromatic carbocycles. The molecule has 1 rings (SSSR count). The third kappa shape index (κ3) is 2.23. The molecule has 0 radical (unpaired) electrons. The van der Waals surface area contributed by atoms with Crippen molar-refractivity contribution in [1.82, 2.24) is 5.32 Å². The summed E-state index contributed by atoms with van der Waals surface area (Å²) >= 11 is 0. The van der Waals surface area contributed by atoms with Crippen molar-refractivity contribution in [3.8, 4) is 5.75 Å². The maximum atomic E-state index is 11.0. The Labute approximate surface area is 83.1 Å². The van der Waals surface area contributed by atoms with Gasteiger partial charge in [0.1, 0.15) is 11.8 Å². The zero-order valence-corrected chi connectivity index (χ0v) is 8.28. The van der Waals surface area contributed by atoms with Crippen molar-refractivity contribution in [2.75, 3.05) is 14.2 Å². The largest absolute Gasteiger partial charge is 0.497 e. The Morgan fingerprint density at radius 1 is 1.43 bits per heavy atom. The van der Waals surface area contributed by atoms with Crippen LogP contribution in [0.25, 0.3) is 0 Å². The lowest BCUT2D eigenvalue weighted by Gasteiger charge is -2.12. The van der Waals surface area contributed by atoms with Crippen LogP contribution in [0.2, 0.25) is 0 Å². The lowest BCUT2D eigenvalue weighted by atomic mass is 10.1. The number of benzene rings is 1. The molecule has 0 spiro atoms. The van der Waals surface area contributed by atoms with Crippen molar-refractivity contribution in [2.24, 2.45) is 5.73 Å². The van der Waals surface area contributed by atoms with Crippen LogP contribution in [0.5, 0.6) is 5.75 Å². The monoisotopic (exact) mass is 194 g/mol. The number of hydrogen-bond donors (Lipinski definition) is 2. The van der Waals surface area contributed by atoms with Gasteiger partial charge in [-0.25, -0.2) is 0 Å². The molecule has 0 saturated heterocycles. The zero-order valence-electron chi connectivity index (χ0n) is 8.28. The van der Waals surface area contributed by atoms with E-state index in [0.717, 1.165) is 11.3 Å². The number of amides is 1. The van der Waals surface area contributed by atoms with Crippen molar-refractivity contribution in [1.29, 1.82) is 0 Å². The van der Waals surface area contributed by atoms with E-state index in [0.29, 0.717) is 0 Å². The van der Waals surface area contributed by atoms with Gasteiger partial charge in [0.05, 0.1) is 7.11 Å². The van der Waals surface area contributed by atoms with E-state index >= 15 is 0 Å². The van der Waals surface area contributed by atoms with Gasteiger partial charge in [-0.15, -0.1) is 0 Å². The fourth-order valence-corrected chi connectivity index (χ4v) is 1.27. The minimum atomic E-state index is -0.444. The van der Waals surface area contributed by atoms with E-state index in [1.54, 1.807) is 26.3 Å². The smallest absolute Gasteiger partial charge is 0.239 e. The molecule has 4 nitrogen and oxygen atoms in total. The zero-order chi connectivity index (χ0) is 10.6. The molecule has 0 fully saturated rings. The quantitative estimate of drug-likeness (QED) is 0.731. The van der Waals surface area contributed by atoms with Crippen LogP contribution in [0.1, 0.15) is 11.6 Å². The van der Waals surface area contributed by atoms with Crippen LogP contribution >= 0.6 is 0 Å². The Morgan fingerprint density at radius 2 is 2.00 bits per heavy atom. The van der Waals surface area contributed by atoms with Crippen LogP contribution in [0.4, 0.5) is 0 Å². The molecule has 0 saturated carbocycles. The molecule has 0 unspecified atom stereocenters. The van der Waals surface area contributed by atoms with Crippen molar-refractivity contribution < 1.29 is 9.53 Å². The summed E-state index contributed by atoms with van der Waals surface area (Å²) < 4.78 is 5.01. The second-order valence-electron chi connectivity index (χ2n) is 2.90. The normalized spacial score (nSPS) is 12.1. The minimum absolute atomic E-state index is 0.391. The summed E-state index contributed by atoms with van der Waals surface area (Å²) in [5, 5.41) is 2.84. The molecule has 0 bridgehead atoms. The highest BCUT2D eigenvalue weighted by atomic mass is 16.5. The molecule has 1 atom stereocenters. The molecule has 0 aromatic heterocycles. The van der Waals surface area contributed by atoms with Crippen LogP contribution in [-0.4, -0.2) is 20.1 Å². The number of nitrogens with one attached hydrogen (secondary N) is 1. The average Bonchev–Trinajstić information content (AvgIpc) is 2.19. The maximum Gasteiger partial charge on any atom is 0.239 e. The highest BCUT2D eigenvalue weighted by Crippen LogP contribution is 2.16. The average molecular weight is 194 g/mol. The SMILES string of the molecule is CN[C@@H](C(N)=O)c1ccc(OC)cc1. The van der Waals surface area contributed by atoms with Crippen molar-refractivity contribution in [2.45, 2.75) is 6.04 Å². The fourth-order valence-electron chi connectivity index (χ4n) is 1.27. The van der Waals surface area contributed by atoms with Crippen LogP contribution < -0.4 is 15.8 Å². The van der Waals surface area contributed by atoms with Gasteiger partial charge in [-0.3, -0.25) is 4.79 Å². The second kappa shape index (κ2) is 4.62. The molecular weight excluding hydrogens is 180 g/mol. The molecular formula is C10H14N2O2.